The lowest BCUT2D eigenvalue weighted by Crippen LogP contribution is -2.23. The summed E-state index contributed by atoms with van der Waals surface area (Å²) in [7, 11) is -3.58. The Kier molecular flexibility index (Phi) is 4.95. The molecule has 1 N–H and O–H groups in total. The highest BCUT2D eigenvalue weighted by Crippen LogP contribution is 2.28. The average molecular weight is 420 g/mol. The van der Waals surface area contributed by atoms with Crippen LogP contribution in [0.5, 0.6) is 0 Å². The number of rotatable bonds is 4. The molecule has 0 bridgehead atoms. The Morgan fingerprint density at radius 3 is 2.45 bits per heavy atom. The summed E-state index contributed by atoms with van der Waals surface area (Å²) in [5, 5.41) is 0. The van der Waals surface area contributed by atoms with Crippen molar-refractivity contribution < 1.29 is 8.42 Å². The molecule has 4 nitrogen and oxygen atoms in total. The topological polar surface area (TPSA) is 59.1 Å². The van der Waals surface area contributed by atoms with Crippen LogP contribution in [-0.4, -0.2) is 13.4 Å². The number of hydrogen-bond donors (Lipinski definition) is 1. The first-order valence-corrected chi connectivity index (χ1v) is 8.81. The average Bonchev–Trinajstić information content (AvgIpc) is 2.42. The van der Waals surface area contributed by atoms with E-state index in [1.807, 2.05) is 6.92 Å². The zero-order valence-corrected chi connectivity index (χ0v) is 14.6. The minimum atomic E-state index is -3.58. The van der Waals surface area contributed by atoms with Gasteiger partial charge in [-0.3, -0.25) is 4.98 Å². The van der Waals surface area contributed by atoms with Gasteiger partial charge in [-0.15, -0.1) is 0 Å². The van der Waals surface area contributed by atoms with Crippen molar-refractivity contribution in [3.05, 3.63) is 56.7 Å². The molecule has 0 atom stereocenters. The van der Waals surface area contributed by atoms with Gasteiger partial charge in [0.15, 0.2) is 0 Å². The third-order valence-electron chi connectivity index (χ3n) is 2.72. The highest BCUT2D eigenvalue weighted by Gasteiger charge is 2.18. The number of benzene rings is 1. The van der Waals surface area contributed by atoms with E-state index >= 15 is 0 Å². The van der Waals surface area contributed by atoms with E-state index in [0.29, 0.717) is 4.47 Å². The zero-order valence-electron chi connectivity index (χ0n) is 10.6. The van der Waals surface area contributed by atoms with Crippen LogP contribution in [-0.2, 0) is 16.6 Å². The Balaban J connectivity index is 2.25. The molecule has 106 valence electrons. The number of aryl methyl sites for hydroxylation is 1. The van der Waals surface area contributed by atoms with Crippen molar-refractivity contribution in [2.45, 2.75) is 18.4 Å². The van der Waals surface area contributed by atoms with E-state index in [1.54, 1.807) is 36.7 Å². The van der Waals surface area contributed by atoms with Crippen molar-refractivity contribution in [3.8, 4) is 0 Å². The van der Waals surface area contributed by atoms with Crippen molar-refractivity contribution >= 4 is 41.9 Å². The van der Waals surface area contributed by atoms with Crippen LogP contribution >= 0.6 is 31.9 Å². The summed E-state index contributed by atoms with van der Waals surface area (Å²) in [6, 6.07) is 6.89. The van der Waals surface area contributed by atoms with Gasteiger partial charge in [0.1, 0.15) is 0 Å². The molecule has 7 heteroatoms. The van der Waals surface area contributed by atoms with Gasteiger partial charge in [-0.05, 0) is 58.2 Å². The summed E-state index contributed by atoms with van der Waals surface area (Å²) in [5.74, 6) is 0. The van der Waals surface area contributed by atoms with E-state index in [9.17, 15) is 8.42 Å². The van der Waals surface area contributed by atoms with Crippen LogP contribution in [0.25, 0.3) is 0 Å². The highest BCUT2D eigenvalue weighted by atomic mass is 79.9. The summed E-state index contributed by atoms with van der Waals surface area (Å²) >= 11 is 6.64. The summed E-state index contributed by atoms with van der Waals surface area (Å²) in [4.78, 5) is 4.10. The molecule has 0 unspecified atom stereocenters. The lowest BCUT2D eigenvalue weighted by atomic mass is 10.2. The molecule has 0 amide bonds. The third-order valence-corrected chi connectivity index (χ3v) is 5.93. The molecule has 1 aromatic heterocycles. The van der Waals surface area contributed by atoms with E-state index in [1.165, 1.54) is 0 Å². The Labute approximate surface area is 134 Å². The summed E-state index contributed by atoms with van der Waals surface area (Å²) in [6.45, 7) is 2.12. The number of nitrogens with one attached hydrogen (secondary N) is 1. The van der Waals surface area contributed by atoms with Crippen molar-refractivity contribution in [2.24, 2.45) is 0 Å². The van der Waals surface area contributed by atoms with Crippen LogP contribution < -0.4 is 4.72 Å². The largest absolute Gasteiger partial charge is 0.265 e. The number of nitrogens with zero attached hydrogens (tertiary/aromatic N) is 1. The van der Waals surface area contributed by atoms with Crippen LogP contribution in [0, 0.1) is 6.92 Å². The fourth-order valence-electron chi connectivity index (χ4n) is 1.59. The molecule has 0 radical (unpaired) electrons. The fourth-order valence-corrected chi connectivity index (χ4v) is 4.28. The number of hydrogen-bond acceptors (Lipinski definition) is 3. The van der Waals surface area contributed by atoms with Crippen molar-refractivity contribution in [1.29, 1.82) is 0 Å². The van der Waals surface area contributed by atoms with E-state index < -0.39 is 10.0 Å². The lowest BCUT2D eigenvalue weighted by Gasteiger charge is -2.10. The maximum atomic E-state index is 12.3. The monoisotopic (exact) mass is 418 g/mol. The number of aromatic nitrogens is 1. The predicted octanol–water partition coefficient (Wildman–Crippen LogP) is 3.39. The first kappa shape index (κ1) is 15.6. The number of halogens is 2. The van der Waals surface area contributed by atoms with E-state index in [4.69, 9.17) is 0 Å². The van der Waals surface area contributed by atoms with Crippen molar-refractivity contribution in [2.75, 3.05) is 0 Å². The molecule has 0 saturated heterocycles. The molecule has 1 aromatic carbocycles. The van der Waals surface area contributed by atoms with E-state index in [0.717, 1.165) is 15.6 Å². The predicted molar refractivity (Wildman–Crippen MR) is 84.8 cm³/mol. The van der Waals surface area contributed by atoms with Crippen LogP contribution in [0.4, 0.5) is 0 Å². The van der Waals surface area contributed by atoms with Crippen LogP contribution in [0.3, 0.4) is 0 Å². The summed E-state index contributed by atoms with van der Waals surface area (Å²) in [5.41, 5.74) is 1.82. The van der Waals surface area contributed by atoms with Gasteiger partial charge in [0, 0.05) is 27.9 Å². The Morgan fingerprint density at radius 1 is 1.15 bits per heavy atom. The Hall–Kier alpha value is -0.760. The van der Waals surface area contributed by atoms with E-state index in [2.05, 4.69) is 41.6 Å². The SMILES string of the molecule is Cc1cc(Br)c(S(=O)(=O)NCc2ccncc2)cc1Br. The molecule has 2 rings (SSSR count). The Bertz CT molecular complexity index is 719. The van der Waals surface area contributed by atoms with Gasteiger partial charge in [-0.2, -0.15) is 0 Å². The first-order valence-electron chi connectivity index (χ1n) is 5.74. The maximum Gasteiger partial charge on any atom is 0.242 e. The third kappa shape index (κ3) is 3.66. The van der Waals surface area contributed by atoms with E-state index in [-0.39, 0.29) is 11.4 Å². The van der Waals surface area contributed by atoms with Gasteiger partial charge >= 0.3 is 0 Å². The standard InChI is InChI=1S/C13H12Br2N2O2S/c1-9-6-12(15)13(7-11(9)14)20(18,19)17-8-10-2-4-16-5-3-10/h2-7,17H,8H2,1H3. The van der Waals surface area contributed by atoms with Gasteiger partial charge in [-0.25, -0.2) is 13.1 Å². The second kappa shape index (κ2) is 6.34. The number of sulfonamides is 1. The van der Waals surface area contributed by atoms with Crippen LogP contribution in [0.2, 0.25) is 0 Å². The second-order valence-electron chi connectivity index (χ2n) is 4.21. The molecule has 0 aliphatic rings. The molecular formula is C13H12Br2N2O2S. The van der Waals surface area contributed by atoms with Gasteiger partial charge in [0.25, 0.3) is 0 Å². The molecule has 2 aromatic rings. The van der Waals surface area contributed by atoms with Gasteiger partial charge < -0.3 is 0 Å². The molecule has 0 saturated carbocycles. The normalized spacial score (nSPS) is 11.6. The fraction of sp³-hybridized carbons (Fsp3) is 0.154. The maximum absolute atomic E-state index is 12.3. The minimum absolute atomic E-state index is 0.212. The van der Waals surface area contributed by atoms with Gasteiger partial charge in [0.2, 0.25) is 10.0 Å². The second-order valence-corrected chi connectivity index (χ2v) is 7.66. The first-order chi connectivity index (χ1) is 9.40. The van der Waals surface area contributed by atoms with Crippen molar-refractivity contribution in [3.63, 3.8) is 0 Å². The quantitative estimate of drug-likeness (QED) is 0.826. The molecular weight excluding hydrogens is 408 g/mol. The Morgan fingerprint density at radius 2 is 1.80 bits per heavy atom. The highest BCUT2D eigenvalue weighted by molar-refractivity contribution is 9.11. The van der Waals surface area contributed by atoms with Gasteiger partial charge in [0.05, 0.1) is 4.90 Å². The van der Waals surface area contributed by atoms with Crippen LogP contribution in [0.1, 0.15) is 11.1 Å². The molecule has 20 heavy (non-hydrogen) atoms. The smallest absolute Gasteiger partial charge is 0.242 e. The summed E-state index contributed by atoms with van der Waals surface area (Å²) in [6.07, 6.45) is 3.25. The zero-order chi connectivity index (χ0) is 14.8. The minimum Gasteiger partial charge on any atom is -0.265 e. The number of pyridine rings is 1. The van der Waals surface area contributed by atoms with Gasteiger partial charge in [-0.1, -0.05) is 15.9 Å². The molecule has 0 spiro atoms. The molecule has 1 heterocycles. The van der Waals surface area contributed by atoms with Crippen LogP contribution in [0.15, 0.2) is 50.5 Å². The summed E-state index contributed by atoms with van der Waals surface area (Å²) < 4.78 is 28.5. The lowest BCUT2D eigenvalue weighted by molar-refractivity contribution is 0.580. The molecule has 0 aliphatic heterocycles. The molecule has 0 aliphatic carbocycles. The van der Waals surface area contributed by atoms with Crippen molar-refractivity contribution in [1.82, 2.24) is 9.71 Å². The molecule has 0 fully saturated rings.